The van der Waals surface area contributed by atoms with E-state index in [1.165, 1.54) is 0 Å². The summed E-state index contributed by atoms with van der Waals surface area (Å²) in [5, 5.41) is 8.78. The van der Waals surface area contributed by atoms with Crippen LogP contribution < -0.4 is 25.6 Å². The molecule has 3 N–H and O–H groups in total. The van der Waals surface area contributed by atoms with Crippen LogP contribution in [-0.4, -0.2) is 108 Å². The van der Waals surface area contributed by atoms with Gasteiger partial charge in [-0.3, -0.25) is 9.88 Å². The fourth-order valence-electron chi connectivity index (χ4n) is 7.89. The zero-order valence-electron chi connectivity index (χ0n) is 31.1. The average Bonchev–Trinajstić information content (AvgIpc) is 3.87. The molecule has 5 heterocycles. The lowest BCUT2D eigenvalue weighted by molar-refractivity contribution is -0.153. The predicted molar refractivity (Wildman–Crippen MR) is 210 cm³/mol. The largest absolute Gasteiger partial charge is 0.482 e. The number of aromatic amines is 1. The van der Waals surface area contributed by atoms with Gasteiger partial charge in [0.1, 0.15) is 24.4 Å². The second kappa shape index (κ2) is 14.4. The molecule has 0 bridgehead atoms. The van der Waals surface area contributed by atoms with Crippen molar-refractivity contribution in [2.45, 2.75) is 50.7 Å². The number of piperidine rings is 1. The number of H-pyrrole nitrogens is 1. The van der Waals surface area contributed by atoms with Crippen LogP contribution in [0, 0.1) is 6.92 Å². The number of likely N-dealkylation sites (N-methyl/N-ethyl adjacent to an activating group) is 1. The normalized spacial score (nSPS) is 18.1. The van der Waals surface area contributed by atoms with Gasteiger partial charge in [0.05, 0.1) is 22.3 Å². The predicted octanol–water partition coefficient (Wildman–Crippen LogP) is 7.58. The van der Waals surface area contributed by atoms with Gasteiger partial charge in [0.2, 0.25) is 5.95 Å². The van der Waals surface area contributed by atoms with Gasteiger partial charge in [0.15, 0.2) is 6.61 Å². The van der Waals surface area contributed by atoms with Crippen LogP contribution in [0.4, 0.5) is 42.0 Å². The van der Waals surface area contributed by atoms with E-state index in [0.717, 1.165) is 92.8 Å². The van der Waals surface area contributed by atoms with E-state index in [2.05, 4.69) is 42.3 Å². The van der Waals surface area contributed by atoms with E-state index in [0.29, 0.717) is 45.5 Å². The van der Waals surface area contributed by atoms with E-state index < -0.39 is 19.9 Å². The van der Waals surface area contributed by atoms with Crippen molar-refractivity contribution in [3.8, 4) is 5.75 Å². The van der Waals surface area contributed by atoms with Crippen LogP contribution in [0.5, 0.6) is 5.75 Å². The highest BCUT2D eigenvalue weighted by atomic mass is 31.2. The molecule has 0 spiro atoms. The topological polar surface area (TPSA) is 115 Å². The lowest BCUT2D eigenvalue weighted by Crippen LogP contribution is -2.52. The van der Waals surface area contributed by atoms with Gasteiger partial charge >= 0.3 is 6.18 Å². The number of hydrogen-bond acceptors (Lipinski definition) is 10. The first-order chi connectivity index (χ1) is 25.8. The quantitative estimate of drug-likeness (QED) is 0.123. The smallest absolute Gasteiger partial charge is 0.422 e. The summed E-state index contributed by atoms with van der Waals surface area (Å²) in [6.45, 7) is 9.87. The molecule has 0 unspecified atom stereocenters. The summed E-state index contributed by atoms with van der Waals surface area (Å²) >= 11 is 0. The number of fused-ring (bicyclic) bond motifs is 2. The monoisotopic (exact) mass is 761 g/mol. The standard InChI is InChI=1S/C39H47F3N9O2P/c1-24-21-32(34(53-23-39(40,41)42)22-33(24)51-15-12-26(13-16-51)50-19-17-49(2)18-20-50)46-38-47-36-28(11-14-43-36)37(48-38)45-31-10-9-30-27(35(31)54(3,4)52)7-8-29(44-30)25-5-6-25/h7-11,14,21-22,25-26H,5-6,12-13,15-20,23H2,1-4H3,(H3,43,45,46,47,48). The second-order valence-corrected chi connectivity index (χ2v) is 18.5. The molecule has 3 fully saturated rings. The molecule has 0 amide bonds. The summed E-state index contributed by atoms with van der Waals surface area (Å²) < 4.78 is 59.9. The van der Waals surface area contributed by atoms with Crippen molar-refractivity contribution in [2.75, 3.05) is 81.8 Å². The number of piperazine rings is 1. The molecule has 2 saturated heterocycles. The van der Waals surface area contributed by atoms with Crippen molar-refractivity contribution >= 4 is 63.2 Å². The van der Waals surface area contributed by atoms with Crippen LogP contribution in [-0.2, 0) is 4.57 Å². The molecule has 1 aliphatic carbocycles. The first-order valence-corrected chi connectivity index (χ1v) is 21.3. The summed E-state index contributed by atoms with van der Waals surface area (Å²) in [6, 6.07) is 13.7. The second-order valence-electron chi connectivity index (χ2n) is 15.4. The molecule has 54 heavy (non-hydrogen) atoms. The van der Waals surface area contributed by atoms with E-state index in [1.807, 2.05) is 37.3 Å². The van der Waals surface area contributed by atoms with E-state index in [1.54, 1.807) is 31.7 Å². The molecule has 3 aliphatic rings. The van der Waals surface area contributed by atoms with Crippen LogP contribution in [0.15, 0.2) is 48.7 Å². The Balaban J connectivity index is 1.09. The van der Waals surface area contributed by atoms with Crippen molar-refractivity contribution in [3.63, 3.8) is 0 Å². The molecule has 1 saturated carbocycles. The van der Waals surface area contributed by atoms with E-state index in [-0.39, 0.29) is 11.7 Å². The molecule has 15 heteroatoms. The van der Waals surface area contributed by atoms with Gasteiger partial charge in [0, 0.05) is 85.6 Å². The molecular weight excluding hydrogens is 714 g/mol. The molecule has 2 aliphatic heterocycles. The number of alkyl halides is 3. The minimum Gasteiger partial charge on any atom is -0.482 e. The third-order valence-corrected chi connectivity index (χ3v) is 12.4. The van der Waals surface area contributed by atoms with E-state index in [9.17, 15) is 17.7 Å². The third-order valence-electron chi connectivity index (χ3n) is 10.9. The first-order valence-electron chi connectivity index (χ1n) is 18.7. The fourth-order valence-corrected chi connectivity index (χ4v) is 9.37. The maximum atomic E-state index is 13.8. The number of aryl methyl sites for hydroxylation is 1. The number of hydrogen-bond donors (Lipinski definition) is 3. The maximum absolute atomic E-state index is 13.8. The van der Waals surface area contributed by atoms with Gasteiger partial charge < -0.3 is 34.7 Å². The van der Waals surface area contributed by atoms with Crippen molar-refractivity contribution in [2.24, 2.45) is 0 Å². The summed E-state index contributed by atoms with van der Waals surface area (Å²) in [4.78, 5) is 24.7. The van der Waals surface area contributed by atoms with Crippen LogP contribution in [0.3, 0.4) is 0 Å². The minimum atomic E-state index is -4.52. The third kappa shape index (κ3) is 7.87. The number of pyridine rings is 1. The lowest BCUT2D eigenvalue weighted by atomic mass is 10.0. The molecule has 3 aromatic heterocycles. The van der Waals surface area contributed by atoms with Crippen molar-refractivity contribution in [1.82, 2.24) is 29.7 Å². The number of nitrogens with one attached hydrogen (secondary N) is 3. The summed E-state index contributed by atoms with van der Waals surface area (Å²) in [6.07, 6.45) is 1.47. The Morgan fingerprint density at radius 2 is 1.65 bits per heavy atom. The lowest BCUT2D eigenvalue weighted by Gasteiger charge is -2.43. The highest BCUT2D eigenvalue weighted by molar-refractivity contribution is 7.71. The number of benzene rings is 2. The highest BCUT2D eigenvalue weighted by Gasteiger charge is 2.31. The number of anilines is 5. The van der Waals surface area contributed by atoms with Gasteiger partial charge in [-0.15, -0.1) is 0 Å². The number of rotatable bonds is 10. The van der Waals surface area contributed by atoms with E-state index in [4.69, 9.17) is 14.7 Å². The number of ether oxygens (including phenoxy) is 1. The van der Waals surface area contributed by atoms with Crippen molar-refractivity contribution in [3.05, 3.63) is 59.9 Å². The highest BCUT2D eigenvalue weighted by Crippen LogP contribution is 2.44. The molecule has 0 radical (unpaired) electrons. The van der Waals surface area contributed by atoms with Gasteiger partial charge in [-0.2, -0.15) is 23.1 Å². The SMILES string of the molecule is Cc1cc(Nc2nc(Nc3ccc4nc(C5CC5)ccc4c3P(C)(C)=O)c3cc[nH]c3n2)c(OCC(F)(F)F)cc1N1CCC(N2CCN(C)CC2)CC1. The van der Waals surface area contributed by atoms with Crippen molar-refractivity contribution < 1.29 is 22.5 Å². The molecule has 286 valence electrons. The molecule has 2 aromatic carbocycles. The maximum Gasteiger partial charge on any atom is 0.422 e. The van der Waals surface area contributed by atoms with Crippen LogP contribution in [0.25, 0.3) is 21.9 Å². The van der Waals surface area contributed by atoms with Crippen LogP contribution in [0.2, 0.25) is 0 Å². The molecule has 11 nitrogen and oxygen atoms in total. The number of aromatic nitrogens is 4. The molecule has 8 rings (SSSR count). The summed E-state index contributed by atoms with van der Waals surface area (Å²) in [5.74, 6) is 1.14. The van der Waals surface area contributed by atoms with E-state index >= 15 is 0 Å². The number of halogens is 3. The number of nitrogens with zero attached hydrogens (tertiary/aromatic N) is 6. The zero-order valence-corrected chi connectivity index (χ0v) is 32.0. The Kier molecular flexibility index (Phi) is 9.72. The van der Waals surface area contributed by atoms with Gasteiger partial charge in [-0.1, -0.05) is 6.07 Å². The Bertz CT molecular complexity index is 2220. The Labute approximate surface area is 313 Å². The van der Waals surface area contributed by atoms with Gasteiger partial charge in [-0.05, 0) is 88.9 Å². The average molecular weight is 762 g/mol. The Morgan fingerprint density at radius 1 is 0.889 bits per heavy atom. The van der Waals surface area contributed by atoms with Crippen LogP contribution >= 0.6 is 7.14 Å². The van der Waals surface area contributed by atoms with Crippen LogP contribution in [0.1, 0.15) is 42.9 Å². The first kappa shape index (κ1) is 36.6. The van der Waals surface area contributed by atoms with Gasteiger partial charge in [-0.25, -0.2) is 0 Å². The van der Waals surface area contributed by atoms with Crippen molar-refractivity contribution in [1.29, 1.82) is 0 Å². The Hall–Kier alpha value is -4.39. The summed E-state index contributed by atoms with van der Waals surface area (Å²) in [5.41, 5.74) is 5.07. The van der Waals surface area contributed by atoms with Gasteiger partial charge in [0.25, 0.3) is 0 Å². The minimum absolute atomic E-state index is 0.0617. The molecule has 0 atom stereocenters. The zero-order chi connectivity index (χ0) is 37.8. The Morgan fingerprint density at radius 3 is 2.35 bits per heavy atom. The molecular formula is C39H47F3N9O2P. The summed E-state index contributed by atoms with van der Waals surface area (Å²) in [7, 11) is -0.670. The molecule has 5 aromatic rings. The fraction of sp³-hybridized carbons (Fsp3) is 0.462.